The lowest BCUT2D eigenvalue weighted by Gasteiger charge is -2.14. The first kappa shape index (κ1) is 10.8. The van der Waals surface area contributed by atoms with Crippen molar-refractivity contribution in [2.75, 3.05) is 6.54 Å². The average Bonchev–Trinajstić information content (AvgIpc) is 3.09. The normalized spacial score (nSPS) is 17.5. The summed E-state index contributed by atoms with van der Waals surface area (Å²) in [5.74, 6) is 1.69. The number of hydrogen-bond donors (Lipinski definition) is 1. The highest BCUT2D eigenvalue weighted by atomic mass is 16.3. The Labute approximate surface area is 101 Å². The molecule has 17 heavy (non-hydrogen) atoms. The number of rotatable bonds is 5. The summed E-state index contributed by atoms with van der Waals surface area (Å²) in [5, 5.41) is 3.54. The van der Waals surface area contributed by atoms with Gasteiger partial charge in [-0.15, -0.1) is 0 Å². The molecule has 3 nitrogen and oxygen atoms in total. The molecule has 0 saturated heterocycles. The number of fused-ring (bicyclic) bond motifs is 1. The van der Waals surface area contributed by atoms with Crippen LogP contribution in [0.1, 0.15) is 25.7 Å². The molecule has 0 bridgehead atoms. The van der Waals surface area contributed by atoms with Gasteiger partial charge in [-0.05, 0) is 37.4 Å². The lowest BCUT2D eigenvalue weighted by Crippen LogP contribution is -2.32. The van der Waals surface area contributed by atoms with Gasteiger partial charge in [0, 0.05) is 12.5 Å². The molecule has 1 aliphatic rings. The molecular formula is C14H18N2O. The largest absolute Gasteiger partial charge is 0.441 e. The van der Waals surface area contributed by atoms with E-state index in [4.69, 9.17) is 4.42 Å². The van der Waals surface area contributed by atoms with E-state index in [1.807, 2.05) is 24.3 Å². The highest BCUT2D eigenvalue weighted by Crippen LogP contribution is 2.34. The number of para-hydroxylation sites is 2. The van der Waals surface area contributed by atoms with E-state index in [1.54, 1.807) is 0 Å². The highest BCUT2D eigenvalue weighted by Gasteiger charge is 2.31. The van der Waals surface area contributed by atoms with Gasteiger partial charge in [-0.2, -0.15) is 0 Å². The Bertz CT molecular complexity index is 469. The monoisotopic (exact) mass is 230 g/mol. The van der Waals surface area contributed by atoms with Crippen molar-refractivity contribution in [3.63, 3.8) is 0 Å². The van der Waals surface area contributed by atoms with Gasteiger partial charge < -0.3 is 9.73 Å². The third kappa shape index (κ3) is 2.34. The van der Waals surface area contributed by atoms with Gasteiger partial charge in [0.2, 0.25) is 0 Å². The minimum atomic E-state index is 0.535. The van der Waals surface area contributed by atoms with Crippen LogP contribution in [0.15, 0.2) is 28.7 Å². The topological polar surface area (TPSA) is 38.1 Å². The molecule has 0 amide bonds. The van der Waals surface area contributed by atoms with E-state index < -0.39 is 0 Å². The number of hydrogen-bond acceptors (Lipinski definition) is 3. The second-order valence-electron chi connectivity index (χ2n) is 4.78. The fraction of sp³-hybridized carbons (Fsp3) is 0.500. The van der Waals surface area contributed by atoms with Crippen molar-refractivity contribution in [1.29, 1.82) is 0 Å². The summed E-state index contributed by atoms with van der Waals surface area (Å²) in [7, 11) is 0. The zero-order valence-corrected chi connectivity index (χ0v) is 10.1. The summed E-state index contributed by atoms with van der Waals surface area (Å²) >= 11 is 0. The van der Waals surface area contributed by atoms with E-state index in [1.165, 1.54) is 12.8 Å². The van der Waals surface area contributed by atoms with E-state index in [0.717, 1.165) is 35.9 Å². The molecule has 2 aromatic rings. The van der Waals surface area contributed by atoms with Crippen LogP contribution in [0.3, 0.4) is 0 Å². The number of nitrogens with zero attached hydrogens (tertiary/aromatic N) is 1. The number of nitrogens with one attached hydrogen (secondary N) is 1. The van der Waals surface area contributed by atoms with Gasteiger partial charge in [0.15, 0.2) is 11.5 Å². The van der Waals surface area contributed by atoms with E-state index in [0.29, 0.717) is 6.04 Å². The van der Waals surface area contributed by atoms with Crippen molar-refractivity contribution in [2.24, 2.45) is 5.92 Å². The second kappa shape index (κ2) is 4.49. The first-order valence-electron chi connectivity index (χ1n) is 6.44. The molecular weight excluding hydrogens is 212 g/mol. The smallest absolute Gasteiger partial charge is 0.197 e. The third-order valence-electron chi connectivity index (χ3n) is 3.39. The molecule has 0 radical (unpaired) electrons. The van der Waals surface area contributed by atoms with Crippen molar-refractivity contribution in [2.45, 2.75) is 32.2 Å². The maximum absolute atomic E-state index is 5.77. The number of oxazole rings is 1. The van der Waals surface area contributed by atoms with Crippen molar-refractivity contribution in [3.05, 3.63) is 30.2 Å². The molecule has 1 aliphatic carbocycles. The molecule has 0 aliphatic heterocycles. The zero-order valence-electron chi connectivity index (χ0n) is 10.1. The average molecular weight is 230 g/mol. The van der Waals surface area contributed by atoms with Crippen molar-refractivity contribution < 1.29 is 4.42 Å². The molecule has 3 heteroatoms. The second-order valence-corrected chi connectivity index (χ2v) is 4.78. The first-order valence-corrected chi connectivity index (χ1v) is 6.44. The predicted octanol–water partition coefficient (Wildman–Crippen LogP) is 2.76. The molecule has 90 valence electrons. The molecule has 1 heterocycles. The summed E-state index contributed by atoms with van der Waals surface area (Å²) in [6.45, 7) is 3.17. The number of aromatic nitrogens is 1. The summed E-state index contributed by atoms with van der Waals surface area (Å²) in [6.07, 6.45) is 3.60. The van der Waals surface area contributed by atoms with Crippen LogP contribution in [0, 0.1) is 5.92 Å². The quantitative estimate of drug-likeness (QED) is 0.858. The Morgan fingerprint density at radius 3 is 2.94 bits per heavy atom. The van der Waals surface area contributed by atoms with E-state index in [2.05, 4.69) is 17.2 Å². The summed E-state index contributed by atoms with van der Waals surface area (Å²) in [4.78, 5) is 4.54. The van der Waals surface area contributed by atoms with Gasteiger partial charge in [-0.25, -0.2) is 4.98 Å². The lowest BCUT2D eigenvalue weighted by atomic mass is 10.1. The van der Waals surface area contributed by atoms with Crippen LogP contribution >= 0.6 is 0 Å². The fourth-order valence-electron chi connectivity index (χ4n) is 2.36. The Balaban J connectivity index is 1.78. The van der Waals surface area contributed by atoms with Crippen molar-refractivity contribution in [3.8, 4) is 0 Å². The van der Waals surface area contributed by atoms with Crippen LogP contribution in [0.2, 0.25) is 0 Å². The Morgan fingerprint density at radius 1 is 1.41 bits per heavy atom. The van der Waals surface area contributed by atoms with Gasteiger partial charge in [0.05, 0.1) is 0 Å². The van der Waals surface area contributed by atoms with Gasteiger partial charge in [-0.1, -0.05) is 19.1 Å². The molecule has 1 fully saturated rings. The first-order chi connectivity index (χ1) is 8.36. The van der Waals surface area contributed by atoms with E-state index in [9.17, 15) is 0 Å². The van der Waals surface area contributed by atoms with Crippen LogP contribution in [0.25, 0.3) is 11.1 Å². The Morgan fingerprint density at radius 2 is 2.24 bits per heavy atom. The summed E-state index contributed by atoms with van der Waals surface area (Å²) in [5.41, 5.74) is 1.86. The van der Waals surface area contributed by atoms with Crippen molar-refractivity contribution >= 4 is 11.1 Å². The molecule has 1 aromatic carbocycles. The SMILES string of the molecule is CCNC(Cc1nc2ccccc2o1)C1CC1. The van der Waals surface area contributed by atoms with Crippen LogP contribution in [0.4, 0.5) is 0 Å². The fourth-order valence-corrected chi connectivity index (χ4v) is 2.36. The molecule has 1 unspecified atom stereocenters. The number of benzene rings is 1. The Hall–Kier alpha value is -1.35. The maximum atomic E-state index is 5.77. The highest BCUT2D eigenvalue weighted by molar-refractivity contribution is 5.72. The predicted molar refractivity (Wildman–Crippen MR) is 67.9 cm³/mol. The molecule has 1 saturated carbocycles. The third-order valence-corrected chi connectivity index (χ3v) is 3.39. The molecule has 3 rings (SSSR count). The van der Waals surface area contributed by atoms with E-state index >= 15 is 0 Å². The minimum absolute atomic E-state index is 0.535. The van der Waals surface area contributed by atoms with Crippen LogP contribution < -0.4 is 5.32 Å². The van der Waals surface area contributed by atoms with Gasteiger partial charge in [0.1, 0.15) is 5.52 Å². The lowest BCUT2D eigenvalue weighted by molar-refractivity contribution is 0.419. The summed E-state index contributed by atoms with van der Waals surface area (Å²) in [6, 6.07) is 8.50. The molecule has 1 N–H and O–H groups in total. The van der Waals surface area contributed by atoms with Crippen molar-refractivity contribution in [1.82, 2.24) is 10.3 Å². The molecule has 0 spiro atoms. The van der Waals surface area contributed by atoms with Crippen LogP contribution in [0.5, 0.6) is 0 Å². The van der Waals surface area contributed by atoms with Crippen LogP contribution in [-0.2, 0) is 6.42 Å². The minimum Gasteiger partial charge on any atom is -0.441 e. The maximum Gasteiger partial charge on any atom is 0.197 e. The Kier molecular flexibility index (Phi) is 2.85. The van der Waals surface area contributed by atoms with Gasteiger partial charge in [0.25, 0.3) is 0 Å². The summed E-state index contributed by atoms with van der Waals surface area (Å²) < 4.78 is 5.77. The molecule has 1 aromatic heterocycles. The van der Waals surface area contributed by atoms with Crippen LogP contribution in [-0.4, -0.2) is 17.6 Å². The zero-order chi connectivity index (χ0) is 11.7. The van der Waals surface area contributed by atoms with E-state index in [-0.39, 0.29) is 0 Å². The standard InChI is InChI=1S/C14H18N2O/c1-2-15-12(10-7-8-10)9-14-16-11-5-3-4-6-13(11)17-14/h3-6,10,12,15H,2,7-9H2,1H3. The van der Waals surface area contributed by atoms with Gasteiger partial charge >= 0.3 is 0 Å². The van der Waals surface area contributed by atoms with Gasteiger partial charge in [-0.3, -0.25) is 0 Å². The molecule has 1 atom stereocenters. The number of likely N-dealkylation sites (N-methyl/N-ethyl adjacent to an activating group) is 1.